The molecule has 2 N–H and O–H groups in total. The van der Waals surface area contributed by atoms with E-state index in [1.54, 1.807) is 6.26 Å². The van der Waals surface area contributed by atoms with E-state index in [1.165, 1.54) is 11.1 Å². The molecule has 0 saturated heterocycles. The lowest BCUT2D eigenvalue weighted by atomic mass is 10.1. The van der Waals surface area contributed by atoms with Gasteiger partial charge in [0.25, 0.3) is 0 Å². The standard InChI is InChI=1S/C13H17BrN2O2S/c1-19(18)7-6-15-13(17)16-12-5-2-9-8-10(14)3-4-11(9)12/h3-4,8,12H,2,5-7H2,1H3,(H2,15,16,17). The highest BCUT2D eigenvalue weighted by Gasteiger charge is 2.23. The van der Waals surface area contributed by atoms with Gasteiger partial charge in [0.1, 0.15) is 0 Å². The highest BCUT2D eigenvalue weighted by atomic mass is 79.9. The molecule has 1 aromatic rings. The van der Waals surface area contributed by atoms with E-state index >= 15 is 0 Å². The Hall–Kier alpha value is -0.880. The highest BCUT2D eigenvalue weighted by molar-refractivity contribution is 9.10. The Morgan fingerprint density at radius 2 is 2.32 bits per heavy atom. The van der Waals surface area contributed by atoms with Crippen LogP contribution in [0.15, 0.2) is 22.7 Å². The molecule has 0 saturated carbocycles. The van der Waals surface area contributed by atoms with Crippen LogP contribution in [0.1, 0.15) is 23.6 Å². The molecular formula is C13H17BrN2O2S. The number of fused-ring (bicyclic) bond motifs is 1. The maximum atomic E-state index is 11.7. The molecule has 2 unspecified atom stereocenters. The Kier molecular flexibility index (Phi) is 4.99. The number of nitrogens with one attached hydrogen (secondary N) is 2. The van der Waals surface area contributed by atoms with Crippen molar-refractivity contribution in [3.8, 4) is 0 Å². The van der Waals surface area contributed by atoms with Crippen LogP contribution in [0.2, 0.25) is 0 Å². The lowest BCUT2D eigenvalue weighted by Gasteiger charge is -2.14. The number of aryl methyl sites for hydroxylation is 1. The van der Waals surface area contributed by atoms with Gasteiger partial charge >= 0.3 is 6.03 Å². The van der Waals surface area contributed by atoms with E-state index in [0.717, 1.165) is 17.3 Å². The first-order chi connectivity index (χ1) is 9.06. The lowest BCUT2D eigenvalue weighted by Crippen LogP contribution is -2.39. The molecule has 2 rings (SSSR count). The zero-order valence-electron chi connectivity index (χ0n) is 10.7. The van der Waals surface area contributed by atoms with Gasteiger partial charge in [-0.05, 0) is 36.1 Å². The molecule has 2 atom stereocenters. The van der Waals surface area contributed by atoms with Crippen LogP contribution < -0.4 is 10.6 Å². The molecule has 1 aliphatic rings. The van der Waals surface area contributed by atoms with Crippen LogP contribution >= 0.6 is 15.9 Å². The quantitative estimate of drug-likeness (QED) is 0.878. The Morgan fingerprint density at radius 3 is 3.05 bits per heavy atom. The third-order valence-electron chi connectivity index (χ3n) is 3.16. The van der Waals surface area contributed by atoms with Crippen molar-refractivity contribution in [1.29, 1.82) is 0 Å². The fourth-order valence-electron chi connectivity index (χ4n) is 2.25. The summed E-state index contributed by atoms with van der Waals surface area (Å²) in [7, 11) is -0.873. The van der Waals surface area contributed by atoms with Crippen LogP contribution in [0.5, 0.6) is 0 Å². The van der Waals surface area contributed by atoms with E-state index < -0.39 is 10.8 Å². The summed E-state index contributed by atoms with van der Waals surface area (Å²) in [4.78, 5) is 11.7. The van der Waals surface area contributed by atoms with Gasteiger partial charge in [-0.1, -0.05) is 22.0 Å². The lowest BCUT2D eigenvalue weighted by molar-refractivity contribution is 0.237. The Balaban J connectivity index is 1.88. The molecule has 104 valence electrons. The van der Waals surface area contributed by atoms with Gasteiger partial charge in [-0.2, -0.15) is 0 Å². The SMILES string of the molecule is CS(=O)CCNC(=O)NC1CCc2cc(Br)ccc21. The summed E-state index contributed by atoms with van der Waals surface area (Å²) in [5.41, 5.74) is 2.48. The first kappa shape index (κ1) is 14.5. The van der Waals surface area contributed by atoms with E-state index in [0.29, 0.717) is 12.3 Å². The summed E-state index contributed by atoms with van der Waals surface area (Å²) in [6.07, 6.45) is 3.54. The minimum Gasteiger partial charge on any atom is -0.337 e. The maximum Gasteiger partial charge on any atom is 0.315 e. The number of halogens is 1. The Labute approximate surface area is 123 Å². The number of urea groups is 1. The molecule has 1 aliphatic carbocycles. The minimum atomic E-state index is -0.873. The second-order valence-electron chi connectivity index (χ2n) is 4.61. The largest absolute Gasteiger partial charge is 0.337 e. The number of hydrogen-bond acceptors (Lipinski definition) is 2. The van der Waals surface area contributed by atoms with Crippen molar-refractivity contribution >= 4 is 32.8 Å². The van der Waals surface area contributed by atoms with Crippen LogP contribution in [0.4, 0.5) is 4.79 Å². The number of carbonyl (C=O) groups excluding carboxylic acids is 1. The van der Waals surface area contributed by atoms with Crippen molar-refractivity contribution in [2.75, 3.05) is 18.6 Å². The van der Waals surface area contributed by atoms with Crippen molar-refractivity contribution in [1.82, 2.24) is 10.6 Å². The molecular weight excluding hydrogens is 328 g/mol. The molecule has 0 fully saturated rings. The average Bonchev–Trinajstić information content (AvgIpc) is 2.71. The van der Waals surface area contributed by atoms with Crippen LogP contribution in [0, 0.1) is 0 Å². The number of amides is 2. The van der Waals surface area contributed by atoms with Gasteiger partial charge in [0.2, 0.25) is 0 Å². The second-order valence-corrected chi connectivity index (χ2v) is 7.08. The molecule has 0 heterocycles. The fraction of sp³-hybridized carbons (Fsp3) is 0.462. The number of rotatable bonds is 4. The molecule has 19 heavy (non-hydrogen) atoms. The predicted octanol–water partition coefficient (Wildman–Crippen LogP) is 2.11. The van der Waals surface area contributed by atoms with Gasteiger partial charge < -0.3 is 10.6 Å². The number of hydrogen-bond donors (Lipinski definition) is 2. The summed E-state index contributed by atoms with van der Waals surface area (Å²) in [6, 6.07) is 6.05. The third-order valence-corrected chi connectivity index (χ3v) is 4.44. The van der Waals surface area contributed by atoms with Crippen molar-refractivity contribution in [2.24, 2.45) is 0 Å². The zero-order chi connectivity index (χ0) is 13.8. The van der Waals surface area contributed by atoms with E-state index in [-0.39, 0.29) is 12.1 Å². The fourth-order valence-corrected chi connectivity index (χ4v) is 3.05. The topological polar surface area (TPSA) is 58.2 Å². The Bertz CT molecular complexity index is 507. The summed E-state index contributed by atoms with van der Waals surface area (Å²) in [5.74, 6) is 0.488. The molecule has 0 bridgehead atoms. The van der Waals surface area contributed by atoms with Gasteiger partial charge in [-0.25, -0.2) is 4.79 Å². The van der Waals surface area contributed by atoms with Crippen LogP contribution in [-0.4, -0.2) is 28.8 Å². The maximum absolute atomic E-state index is 11.7. The number of carbonyl (C=O) groups is 1. The summed E-state index contributed by atoms with van der Waals surface area (Å²) in [5, 5.41) is 5.69. The molecule has 6 heteroatoms. The summed E-state index contributed by atoms with van der Waals surface area (Å²) >= 11 is 3.45. The minimum absolute atomic E-state index is 0.0789. The average molecular weight is 345 g/mol. The van der Waals surface area contributed by atoms with E-state index in [9.17, 15) is 9.00 Å². The van der Waals surface area contributed by atoms with Gasteiger partial charge in [0.05, 0.1) is 6.04 Å². The summed E-state index contributed by atoms with van der Waals surface area (Å²) in [6.45, 7) is 0.439. The van der Waals surface area contributed by atoms with Gasteiger partial charge in [0.15, 0.2) is 0 Å². The summed E-state index contributed by atoms with van der Waals surface area (Å²) < 4.78 is 12.0. The van der Waals surface area contributed by atoms with Crippen LogP contribution in [0.25, 0.3) is 0 Å². The van der Waals surface area contributed by atoms with E-state index in [1.807, 2.05) is 6.07 Å². The van der Waals surface area contributed by atoms with Gasteiger partial charge in [-0.15, -0.1) is 0 Å². The first-order valence-electron chi connectivity index (χ1n) is 6.19. The van der Waals surface area contributed by atoms with E-state index in [4.69, 9.17) is 0 Å². The Morgan fingerprint density at radius 1 is 1.53 bits per heavy atom. The molecule has 4 nitrogen and oxygen atoms in total. The van der Waals surface area contributed by atoms with E-state index in [2.05, 4.69) is 38.7 Å². The molecule has 0 aromatic heterocycles. The highest BCUT2D eigenvalue weighted by Crippen LogP contribution is 2.32. The molecule has 2 amide bonds. The number of benzene rings is 1. The van der Waals surface area contributed by atoms with Crippen LogP contribution in [-0.2, 0) is 17.2 Å². The van der Waals surface area contributed by atoms with Crippen molar-refractivity contribution in [3.63, 3.8) is 0 Å². The zero-order valence-corrected chi connectivity index (χ0v) is 13.1. The molecule has 0 aliphatic heterocycles. The van der Waals surface area contributed by atoms with Crippen molar-refractivity contribution in [3.05, 3.63) is 33.8 Å². The predicted molar refractivity (Wildman–Crippen MR) is 80.7 cm³/mol. The van der Waals surface area contributed by atoms with Crippen molar-refractivity contribution in [2.45, 2.75) is 18.9 Å². The normalized spacial score (nSPS) is 18.7. The first-order valence-corrected chi connectivity index (χ1v) is 8.71. The molecule has 1 aromatic carbocycles. The van der Waals surface area contributed by atoms with Crippen molar-refractivity contribution < 1.29 is 9.00 Å². The smallest absolute Gasteiger partial charge is 0.315 e. The van der Waals surface area contributed by atoms with Crippen LogP contribution in [0.3, 0.4) is 0 Å². The van der Waals surface area contributed by atoms with Gasteiger partial charge in [-0.3, -0.25) is 4.21 Å². The monoisotopic (exact) mass is 344 g/mol. The third kappa shape index (κ3) is 4.04. The molecule has 0 spiro atoms. The van der Waals surface area contributed by atoms with Gasteiger partial charge in [0, 0.05) is 33.8 Å². The molecule has 0 radical (unpaired) electrons. The second kappa shape index (κ2) is 6.52.